The summed E-state index contributed by atoms with van der Waals surface area (Å²) in [6.07, 6.45) is 4.28. The topological polar surface area (TPSA) is 98.1 Å². The number of para-hydroxylation sites is 2. The number of amides is 2. The number of hydrogen-bond acceptors (Lipinski definition) is 5. The lowest BCUT2D eigenvalue weighted by atomic mass is 10.3. The first-order chi connectivity index (χ1) is 12.1. The van der Waals surface area contributed by atoms with Crippen molar-refractivity contribution >= 4 is 17.5 Å². The zero-order chi connectivity index (χ0) is 18.1. The molecule has 0 atom stereocenters. The first kappa shape index (κ1) is 18.2. The molecule has 25 heavy (non-hydrogen) atoms. The molecule has 2 rings (SSSR count). The third-order valence-corrected chi connectivity index (χ3v) is 3.37. The fourth-order valence-corrected chi connectivity index (χ4v) is 2.08. The summed E-state index contributed by atoms with van der Waals surface area (Å²) in [4.78, 5) is 23.7. The summed E-state index contributed by atoms with van der Waals surface area (Å²) in [5, 5.41) is 13.2. The Kier molecular flexibility index (Phi) is 6.70. The number of rotatable bonds is 9. The predicted octanol–water partition coefficient (Wildman–Crippen LogP) is 1.62. The summed E-state index contributed by atoms with van der Waals surface area (Å²) in [6.45, 7) is 4.41. The molecular formula is C17H21N5O3. The van der Waals surface area contributed by atoms with E-state index in [9.17, 15) is 9.59 Å². The molecule has 1 aromatic heterocycles. The first-order valence-corrected chi connectivity index (χ1v) is 7.86. The number of methoxy groups -OCH3 is 1. The van der Waals surface area contributed by atoms with Crippen LogP contribution in [0, 0.1) is 0 Å². The van der Waals surface area contributed by atoms with Crippen molar-refractivity contribution in [3.63, 3.8) is 0 Å². The molecule has 1 aromatic carbocycles. The minimum atomic E-state index is -0.384. The molecule has 0 aliphatic carbocycles. The molecule has 0 bridgehead atoms. The van der Waals surface area contributed by atoms with Gasteiger partial charge in [-0.1, -0.05) is 23.4 Å². The van der Waals surface area contributed by atoms with Gasteiger partial charge in [0.2, 0.25) is 5.91 Å². The van der Waals surface area contributed by atoms with Gasteiger partial charge in [-0.25, -0.2) is 4.68 Å². The van der Waals surface area contributed by atoms with Crippen LogP contribution in [0.2, 0.25) is 0 Å². The second kappa shape index (κ2) is 9.21. The first-order valence-electron chi connectivity index (χ1n) is 7.86. The Bertz CT molecular complexity index is 741. The number of ether oxygens (including phenoxy) is 1. The zero-order valence-electron chi connectivity index (χ0n) is 14.1. The summed E-state index contributed by atoms with van der Waals surface area (Å²) in [5.41, 5.74) is 0.739. The second-order valence-corrected chi connectivity index (χ2v) is 5.20. The summed E-state index contributed by atoms with van der Waals surface area (Å²) in [5.74, 6) is 0.130. The SMILES string of the molecule is C=CCCC(=O)NCCn1cc(C(=O)Nc2ccccc2OC)nn1. The van der Waals surface area contributed by atoms with Crippen LogP contribution in [0.4, 0.5) is 5.69 Å². The van der Waals surface area contributed by atoms with Crippen LogP contribution in [0.5, 0.6) is 5.75 Å². The molecule has 0 fully saturated rings. The number of benzene rings is 1. The van der Waals surface area contributed by atoms with Crippen molar-refractivity contribution in [1.29, 1.82) is 0 Å². The van der Waals surface area contributed by atoms with Gasteiger partial charge in [-0.3, -0.25) is 9.59 Å². The molecule has 0 unspecified atom stereocenters. The molecule has 0 saturated heterocycles. The fourth-order valence-electron chi connectivity index (χ4n) is 2.08. The molecule has 132 valence electrons. The van der Waals surface area contributed by atoms with E-state index in [1.807, 2.05) is 6.07 Å². The van der Waals surface area contributed by atoms with Gasteiger partial charge in [-0.05, 0) is 18.6 Å². The van der Waals surface area contributed by atoms with Gasteiger partial charge in [0.1, 0.15) is 5.75 Å². The molecule has 0 spiro atoms. The number of nitrogens with zero attached hydrogens (tertiary/aromatic N) is 3. The highest BCUT2D eigenvalue weighted by Gasteiger charge is 2.13. The quantitative estimate of drug-likeness (QED) is 0.674. The Morgan fingerprint density at radius 2 is 2.16 bits per heavy atom. The Morgan fingerprint density at radius 1 is 1.36 bits per heavy atom. The summed E-state index contributed by atoms with van der Waals surface area (Å²) in [7, 11) is 1.53. The van der Waals surface area contributed by atoms with Crippen LogP contribution >= 0.6 is 0 Å². The van der Waals surface area contributed by atoms with Gasteiger partial charge < -0.3 is 15.4 Å². The van der Waals surface area contributed by atoms with Crippen LogP contribution in [-0.4, -0.2) is 40.5 Å². The molecule has 2 amide bonds. The molecule has 2 aromatic rings. The van der Waals surface area contributed by atoms with E-state index in [1.54, 1.807) is 24.3 Å². The van der Waals surface area contributed by atoms with Crippen LogP contribution in [0.1, 0.15) is 23.3 Å². The van der Waals surface area contributed by atoms with E-state index < -0.39 is 0 Å². The molecule has 0 saturated carbocycles. The largest absolute Gasteiger partial charge is 0.495 e. The summed E-state index contributed by atoms with van der Waals surface area (Å²) >= 11 is 0. The highest BCUT2D eigenvalue weighted by atomic mass is 16.5. The summed E-state index contributed by atoms with van der Waals surface area (Å²) < 4.78 is 6.69. The lowest BCUT2D eigenvalue weighted by Gasteiger charge is -2.08. The average Bonchev–Trinajstić information content (AvgIpc) is 3.09. The van der Waals surface area contributed by atoms with Crippen molar-refractivity contribution < 1.29 is 14.3 Å². The van der Waals surface area contributed by atoms with Gasteiger partial charge in [-0.15, -0.1) is 11.7 Å². The van der Waals surface area contributed by atoms with Gasteiger partial charge in [0.05, 0.1) is 25.5 Å². The zero-order valence-corrected chi connectivity index (χ0v) is 14.1. The average molecular weight is 343 g/mol. The molecule has 1 heterocycles. The second-order valence-electron chi connectivity index (χ2n) is 5.20. The number of carbonyl (C=O) groups excluding carboxylic acids is 2. The van der Waals surface area contributed by atoms with Crippen LogP contribution < -0.4 is 15.4 Å². The maximum absolute atomic E-state index is 12.2. The van der Waals surface area contributed by atoms with Crippen LogP contribution in [0.15, 0.2) is 43.1 Å². The summed E-state index contributed by atoms with van der Waals surface area (Å²) in [6, 6.07) is 7.10. The van der Waals surface area contributed by atoms with Crippen LogP contribution in [-0.2, 0) is 11.3 Å². The molecule has 0 aliphatic rings. The van der Waals surface area contributed by atoms with E-state index in [2.05, 4.69) is 27.5 Å². The van der Waals surface area contributed by atoms with Crippen molar-refractivity contribution in [1.82, 2.24) is 20.3 Å². The van der Waals surface area contributed by atoms with Gasteiger partial charge in [0.25, 0.3) is 5.91 Å². The van der Waals surface area contributed by atoms with Gasteiger partial charge >= 0.3 is 0 Å². The van der Waals surface area contributed by atoms with Crippen LogP contribution in [0.3, 0.4) is 0 Å². The minimum Gasteiger partial charge on any atom is -0.495 e. The molecule has 0 radical (unpaired) electrons. The number of aromatic nitrogens is 3. The monoisotopic (exact) mass is 343 g/mol. The fraction of sp³-hybridized carbons (Fsp3) is 0.294. The van der Waals surface area contributed by atoms with Gasteiger partial charge in [0.15, 0.2) is 5.69 Å². The smallest absolute Gasteiger partial charge is 0.277 e. The van der Waals surface area contributed by atoms with Crippen molar-refractivity contribution in [3.05, 3.63) is 48.8 Å². The maximum Gasteiger partial charge on any atom is 0.277 e. The van der Waals surface area contributed by atoms with E-state index >= 15 is 0 Å². The molecule has 8 heteroatoms. The normalized spacial score (nSPS) is 10.1. The van der Waals surface area contributed by atoms with Gasteiger partial charge in [-0.2, -0.15) is 0 Å². The Hall–Kier alpha value is -3.16. The number of hydrogen-bond donors (Lipinski definition) is 2. The van der Waals surface area contributed by atoms with Crippen molar-refractivity contribution in [2.75, 3.05) is 19.0 Å². The lowest BCUT2D eigenvalue weighted by molar-refractivity contribution is -0.121. The maximum atomic E-state index is 12.2. The van der Waals surface area contributed by atoms with E-state index in [0.717, 1.165) is 0 Å². The van der Waals surface area contributed by atoms with Gasteiger partial charge in [0, 0.05) is 13.0 Å². The minimum absolute atomic E-state index is 0.0471. The van der Waals surface area contributed by atoms with Crippen molar-refractivity contribution in [2.24, 2.45) is 0 Å². The number of anilines is 1. The number of allylic oxidation sites excluding steroid dienone is 1. The highest BCUT2D eigenvalue weighted by molar-refractivity contribution is 6.03. The van der Waals surface area contributed by atoms with E-state index in [4.69, 9.17) is 4.74 Å². The third-order valence-electron chi connectivity index (χ3n) is 3.37. The Balaban J connectivity index is 1.86. The Morgan fingerprint density at radius 3 is 2.92 bits per heavy atom. The molecule has 8 nitrogen and oxygen atoms in total. The van der Waals surface area contributed by atoms with E-state index in [-0.39, 0.29) is 17.5 Å². The number of nitrogens with one attached hydrogen (secondary N) is 2. The predicted molar refractivity (Wildman–Crippen MR) is 93.4 cm³/mol. The lowest BCUT2D eigenvalue weighted by Crippen LogP contribution is -2.27. The standard InChI is InChI=1S/C17H21N5O3/c1-3-4-9-16(23)18-10-11-22-12-14(20-21-22)17(24)19-13-7-5-6-8-15(13)25-2/h3,5-8,12H,1,4,9-11H2,2H3,(H,18,23)(H,19,24). The third kappa shape index (κ3) is 5.45. The Labute approximate surface area is 145 Å². The molecular weight excluding hydrogens is 322 g/mol. The highest BCUT2D eigenvalue weighted by Crippen LogP contribution is 2.23. The van der Waals surface area contributed by atoms with Crippen LogP contribution in [0.25, 0.3) is 0 Å². The number of carbonyl (C=O) groups is 2. The molecule has 2 N–H and O–H groups in total. The van der Waals surface area contributed by atoms with E-state index in [1.165, 1.54) is 18.0 Å². The van der Waals surface area contributed by atoms with E-state index in [0.29, 0.717) is 37.4 Å². The van der Waals surface area contributed by atoms with Crippen molar-refractivity contribution in [2.45, 2.75) is 19.4 Å². The molecule has 0 aliphatic heterocycles. The van der Waals surface area contributed by atoms with Crippen molar-refractivity contribution in [3.8, 4) is 5.75 Å².